The van der Waals surface area contributed by atoms with Crippen LogP contribution in [0.4, 0.5) is 0 Å². The van der Waals surface area contributed by atoms with E-state index in [9.17, 15) is 0 Å². The van der Waals surface area contributed by atoms with Gasteiger partial charge in [0.25, 0.3) is 0 Å². The lowest BCUT2D eigenvalue weighted by Crippen LogP contribution is -2.42. The van der Waals surface area contributed by atoms with Crippen LogP contribution in [-0.4, -0.2) is 6.04 Å². The largest absolute Gasteiger partial charge is 0.307 e. The molecule has 1 aliphatic carbocycles. The highest BCUT2D eigenvalue weighted by Gasteiger charge is 2.28. The molecule has 2 unspecified atom stereocenters. The lowest BCUT2D eigenvalue weighted by molar-refractivity contribution is 0.195. The Bertz CT molecular complexity index is 402. The molecule has 19 heavy (non-hydrogen) atoms. The van der Waals surface area contributed by atoms with Crippen LogP contribution in [0.5, 0.6) is 0 Å². The van der Waals surface area contributed by atoms with E-state index in [4.69, 9.17) is 11.6 Å². The van der Waals surface area contributed by atoms with Gasteiger partial charge in [-0.2, -0.15) is 0 Å². The van der Waals surface area contributed by atoms with Gasteiger partial charge in [0, 0.05) is 17.1 Å². The van der Waals surface area contributed by atoms with Crippen LogP contribution in [0, 0.1) is 11.8 Å². The lowest BCUT2D eigenvalue weighted by atomic mass is 9.77. The van der Waals surface area contributed by atoms with E-state index in [-0.39, 0.29) is 0 Å². The minimum atomic E-state index is 0.378. The number of benzene rings is 1. The van der Waals surface area contributed by atoms with Crippen molar-refractivity contribution in [3.8, 4) is 0 Å². The zero-order chi connectivity index (χ0) is 13.8. The molecule has 2 heteroatoms. The molecule has 1 N–H and O–H groups in total. The molecule has 0 aromatic heterocycles. The van der Waals surface area contributed by atoms with Gasteiger partial charge in [0.1, 0.15) is 0 Å². The van der Waals surface area contributed by atoms with Crippen LogP contribution in [-0.2, 0) is 0 Å². The topological polar surface area (TPSA) is 12.0 Å². The Labute approximate surface area is 122 Å². The highest BCUT2D eigenvalue weighted by Crippen LogP contribution is 2.32. The van der Waals surface area contributed by atoms with E-state index >= 15 is 0 Å². The van der Waals surface area contributed by atoms with E-state index in [0.29, 0.717) is 12.1 Å². The summed E-state index contributed by atoms with van der Waals surface area (Å²) < 4.78 is 0. The van der Waals surface area contributed by atoms with Gasteiger partial charge in [-0.3, -0.25) is 0 Å². The summed E-state index contributed by atoms with van der Waals surface area (Å²) in [6, 6.07) is 9.25. The molecule has 1 aromatic rings. The first kappa shape index (κ1) is 14.9. The minimum Gasteiger partial charge on any atom is -0.307 e. The van der Waals surface area contributed by atoms with Crippen LogP contribution in [0.15, 0.2) is 24.3 Å². The van der Waals surface area contributed by atoms with E-state index in [0.717, 1.165) is 16.9 Å². The van der Waals surface area contributed by atoms with Crippen molar-refractivity contribution in [2.24, 2.45) is 11.8 Å². The van der Waals surface area contributed by atoms with Gasteiger partial charge in [-0.25, -0.2) is 0 Å². The zero-order valence-corrected chi connectivity index (χ0v) is 13.1. The predicted molar refractivity (Wildman–Crippen MR) is 83.6 cm³/mol. The van der Waals surface area contributed by atoms with Gasteiger partial charge < -0.3 is 5.32 Å². The normalized spacial score (nSPS) is 25.5. The molecular formula is C17H26ClN. The maximum atomic E-state index is 6.08. The molecule has 0 bridgehead atoms. The molecule has 2 rings (SSSR count). The molecule has 1 saturated carbocycles. The molecule has 0 heterocycles. The quantitative estimate of drug-likeness (QED) is 0.798. The van der Waals surface area contributed by atoms with Crippen molar-refractivity contribution in [2.45, 2.75) is 58.5 Å². The van der Waals surface area contributed by atoms with Gasteiger partial charge >= 0.3 is 0 Å². The van der Waals surface area contributed by atoms with Crippen LogP contribution in [0.2, 0.25) is 5.02 Å². The number of hydrogen-bond acceptors (Lipinski definition) is 1. The number of hydrogen-bond donors (Lipinski definition) is 1. The molecule has 1 nitrogen and oxygen atoms in total. The Morgan fingerprint density at radius 1 is 1.16 bits per heavy atom. The van der Waals surface area contributed by atoms with Gasteiger partial charge in [0.2, 0.25) is 0 Å². The van der Waals surface area contributed by atoms with Crippen molar-refractivity contribution >= 4 is 11.6 Å². The average Bonchev–Trinajstić information content (AvgIpc) is 2.39. The van der Waals surface area contributed by atoms with Gasteiger partial charge in [-0.05, 0) is 49.3 Å². The minimum absolute atomic E-state index is 0.378. The lowest BCUT2D eigenvalue weighted by Gasteiger charge is -2.37. The van der Waals surface area contributed by atoms with Crippen molar-refractivity contribution in [1.82, 2.24) is 5.32 Å². The molecule has 0 amide bonds. The second-order valence-corrected chi connectivity index (χ2v) is 6.68. The van der Waals surface area contributed by atoms with Gasteiger partial charge in [-0.1, -0.05) is 50.4 Å². The summed E-state index contributed by atoms with van der Waals surface area (Å²) in [5.41, 5.74) is 1.29. The Kier molecular flexibility index (Phi) is 5.29. The molecular weight excluding hydrogens is 254 g/mol. The summed E-state index contributed by atoms with van der Waals surface area (Å²) in [6.45, 7) is 6.96. The van der Waals surface area contributed by atoms with Gasteiger partial charge in [0.15, 0.2) is 0 Å². The van der Waals surface area contributed by atoms with Crippen molar-refractivity contribution in [2.75, 3.05) is 0 Å². The molecule has 0 saturated heterocycles. The van der Waals surface area contributed by atoms with Crippen molar-refractivity contribution in [3.63, 3.8) is 0 Å². The number of nitrogens with one attached hydrogen (secondary N) is 1. The summed E-state index contributed by atoms with van der Waals surface area (Å²) >= 11 is 6.08. The molecule has 1 aromatic carbocycles. The Hall–Kier alpha value is -0.530. The highest BCUT2D eigenvalue weighted by atomic mass is 35.5. The third kappa shape index (κ3) is 3.97. The van der Waals surface area contributed by atoms with E-state index in [1.165, 1.54) is 31.2 Å². The molecule has 0 spiro atoms. The fourth-order valence-corrected chi connectivity index (χ4v) is 3.56. The first-order chi connectivity index (χ1) is 9.08. The van der Waals surface area contributed by atoms with Gasteiger partial charge in [0.05, 0.1) is 0 Å². The number of rotatable bonds is 4. The Morgan fingerprint density at radius 2 is 1.89 bits per heavy atom. The molecule has 1 fully saturated rings. The van der Waals surface area contributed by atoms with Crippen molar-refractivity contribution in [3.05, 3.63) is 34.9 Å². The molecule has 1 aliphatic rings. The molecule has 106 valence electrons. The van der Waals surface area contributed by atoms with E-state index in [2.05, 4.69) is 38.2 Å². The van der Waals surface area contributed by atoms with Gasteiger partial charge in [-0.15, -0.1) is 0 Å². The van der Waals surface area contributed by atoms with Crippen LogP contribution < -0.4 is 5.32 Å². The summed E-state index contributed by atoms with van der Waals surface area (Å²) in [4.78, 5) is 0. The SMILES string of the molecule is CC(C)C1CCCCC1N[C@@H](C)c1cccc(Cl)c1. The maximum absolute atomic E-state index is 6.08. The molecule has 3 atom stereocenters. The van der Waals surface area contributed by atoms with E-state index in [1.54, 1.807) is 0 Å². The summed E-state index contributed by atoms with van der Waals surface area (Å²) in [6.07, 6.45) is 5.45. The molecule has 0 aliphatic heterocycles. The summed E-state index contributed by atoms with van der Waals surface area (Å²) in [5, 5.41) is 4.66. The Balaban J connectivity index is 2.02. The summed E-state index contributed by atoms with van der Waals surface area (Å²) in [7, 11) is 0. The second kappa shape index (κ2) is 6.76. The second-order valence-electron chi connectivity index (χ2n) is 6.24. The highest BCUT2D eigenvalue weighted by molar-refractivity contribution is 6.30. The fourth-order valence-electron chi connectivity index (χ4n) is 3.36. The molecule has 0 radical (unpaired) electrons. The van der Waals surface area contributed by atoms with Crippen molar-refractivity contribution in [1.29, 1.82) is 0 Å². The fraction of sp³-hybridized carbons (Fsp3) is 0.647. The van der Waals surface area contributed by atoms with E-state index < -0.39 is 0 Å². The van der Waals surface area contributed by atoms with Crippen molar-refractivity contribution < 1.29 is 0 Å². The third-order valence-electron chi connectivity index (χ3n) is 4.49. The monoisotopic (exact) mass is 279 g/mol. The smallest absolute Gasteiger partial charge is 0.0409 e. The average molecular weight is 280 g/mol. The first-order valence-corrected chi connectivity index (χ1v) is 7.97. The van der Waals surface area contributed by atoms with Crippen LogP contribution in [0.1, 0.15) is 58.1 Å². The van der Waals surface area contributed by atoms with Crippen LogP contribution >= 0.6 is 11.6 Å². The zero-order valence-electron chi connectivity index (χ0n) is 12.3. The summed E-state index contributed by atoms with van der Waals surface area (Å²) in [5.74, 6) is 1.58. The van der Waals surface area contributed by atoms with Crippen LogP contribution in [0.3, 0.4) is 0 Å². The third-order valence-corrected chi connectivity index (χ3v) is 4.72. The first-order valence-electron chi connectivity index (χ1n) is 7.59. The predicted octanol–water partition coefficient (Wildman–Crippen LogP) is 5.21. The van der Waals surface area contributed by atoms with Crippen LogP contribution in [0.25, 0.3) is 0 Å². The standard InChI is InChI=1S/C17H26ClN/c1-12(2)16-9-4-5-10-17(16)19-13(3)14-7-6-8-15(18)11-14/h6-8,11-13,16-17,19H,4-5,9-10H2,1-3H3/t13-,16?,17?/m0/s1. The van der Waals surface area contributed by atoms with E-state index in [1.807, 2.05) is 12.1 Å². The maximum Gasteiger partial charge on any atom is 0.0409 e. The Morgan fingerprint density at radius 3 is 2.58 bits per heavy atom. The number of halogens is 1.